The number of ether oxygens (including phenoxy) is 1. The molecule has 7 nitrogen and oxygen atoms in total. The van der Waals surface area contributed by atoms with Crippen LogP contribution in [0.25, 0.3) is 5.57 Å². The number of hydrogen-bond acceptors (Lipinski definition) is 6. The lowest BCUT2D eigenvalue weighted by Gasteiger charge is -2.30. The van der Waals surface area contributed by atoms with Gasteiger partial charge in [-0.15, -0.1) is 0 Å². The van der Waals surface area contributed by atoms with Gasteiger partial charge in [-0.25, -0.2) is 0 Å². The van der Waals surface area contributed by atoms with E-state index in [2.05, 4.69) is 64.5 Å². The molecule has 0 spiro atoms. The Morgan fingerprint density at radius 1 is 1.15 bits per heavy atom. The van der Waals surface area contributed by atoms with Gasteiger partial charge in [-0.2, -0.15) is 4.98 Å². The van der Waals surface area contributed by atoms with Crippen LogP contribution in [0.5, 0.6) is 5.75 Å². The Kier molecular flexibility index (Phi) is 6.88. The summed E-state index contributed by atoms with van der Waals surface area (Å²) in [4.78, 5) is 19.0. The number of benzene rings is 1. The molecule has 3 aliphatic rings. The molecule has 1 amide bonds. The van der Waals surface area contributed by atoms with Gasteiger partial charge in [-0.05, 0) is 74.1 Å². The Balaban J connectivity index is 1.06. The van der Waals surface area contributed by atoms with E-state index in [1.54, 1.807) is 0 Å². The third-order valence-corrected chi connectivity index (χ3v) is 7.25. The molecule has 2 aliphatic carbocycles. The molecule has 1 aromatic heterocycles. The highest BCUT2D eigenvalue weighted by Crippen LogP contribution is 2.32. The van der Waals surface area contributed by atoms with Crippen molar-refractivity contribution in [3.05, 3.63) is 41.7 Å². The number of aromatic nitrogens is 2. The fraction of sp³-hybridized carbons (Fsp3) is 0.593. The summed E-state index contributed by atoms with van der Waals surface area (Å²) in [6, 6.07) is 9.53. The van der Waals surface area contributed by atoms with Gasteiger partial charge in [0.25, 0.3) is 0 Å². The minimum absolute atomic E-state index is 0.135. The molecule has 1 saturated heterocycles. The molecular weight excluding hydrogens is 428 g/mol. The first-order chi connectivity index (χ1) is 16.5. The summed E-state index contributed by atoms with van der Waals surface area (Å²) >= 11 is 0. The van der Waals surface area contributed by atoms with Gasteiger partial charge < -0.3 is 19.5 Å². The maximum atomic E-state index is 12.3. The highest BCUT2D eigenvalue weighted by molar-refractivity contribution is 5.81. The molecule has 182 valence electrons. The van der Waals surface area contributed by atoms with E-state index >= 15 is 0 Å². The zero-order chi connectivity index (χ0) is 23.5. The Labute approximate surface area is 201 Å². The number of amides is 1. The van der Waals surface area contributed by atoms with Crippen LogP contribution in [0.1, 0.15) is 76.1 Å². The topological polar surface area (TPSA) is 80.5 Å². The summed E-state index contributed by atoms with van der Waals surface area (Å²) in [5.41, 5.74) is 2.58. The highest BCUT2D eigenvalue weighted by Gasteiger charge is 2.28. The van der Waals surface area contributed by atoms with E-state index in [1.807, 2.05) is 0 Å². The largest absolute Gasteiger partial charge is 0.493 e. The van der Waals surface area contributed by atoms with Gasteiger partial charge in [-0.1, -0.05) is 37.2 Å². The average Bonchev–Trinajstić information content (AvgIpc) is 3.54. The predicted octanol–water partition coefficient (Wildman–Crippen LogP) is 4.95. The number of anilines is 1. The number of allylic oxidation sites excluding steroid dienone is 2. The van der Waals surface area contributed by atoms with Gasteiger partial charge in [0.15, 0.2) is 5.82 Å². The molecule has 2 heterocycles. The van der Waals surface area contributed by atoms with Crippen LogP contribution >= 0.6 is 0 Å². The van der Waals surface area contributed by atoms with Crippen molar-refractivity contribution in [3.63, 3.8) is 0 Å². The second-order valence-electron chi connectivity index (χ2n) is 10.3. The van der Waals surface area contributed by atoms with Gasteiger partial charge in [0, 0.05) is 31.0 Å². The lowest BCUT2D eigenvalue weighted by atomic mass is 9.86. The summed E-state index contributed by atoms with van der Waals surface area (Å²) in [6.07, 6.45) is 9.38. The van der Waals surface area contributed by atoms with Crippen LogP contribution in [-0.2, 0) is 4.79 Å². The van der Waals surface area contributed by atoms with E-state index in [-0.39, 0.29) is 17.7 Å². The predicted molar refractivity (Wildman–Crippen MR) is 132 cm³/mol. The van der Waals surface area contributed by atoms with E-state index in [0.29, 0.717) is 18.0 Å². The van der Waals surface area contributed by atoms with Gasteiger partial charge in [-0.3, -0.25) is 4.79 Å². The fourth-order valence-electron chi connectivity index (χ4n) is 4.74. The minimum atomic E-state index is 0.135. The maximum Gasteiger partial charge on any atom is 0.324 e. The van der Waals surface area contributed by atoms with Crippen LogP contribution in [0.4, 0.5) is 6.01 Å². The molecule has 1 aliphatic heterocycles. The molecule has 1 atom stereocenters. The molecule has 2 aromatic rings. The van der Waals surface area contributed by atoms with E-state index in [9.17, 15) is 4.79 Å². The van der Waals surface area contributed by atoms with Crippen LogP contribution in [0.3, 0.4) is 0 Å². The van der Waals surface area contributed by atoms with E-state index < -0.39 is 0 Å². The maximum absolute atomic E-state index is 12.3. The molecule has 1 aromatic carbocycles. The Morgan fingerprint density at radius 2 is 1.91 bits per heavy atom. The number of carbonyl (C=O) groups excluding carboxylic acids is 1. The SMILES string of the molecule is CC(C)c1noc(N2CCC(COc3ccc(C4=CCC(C(=O)NC5CC5)CC4)cc3)CC2)n1. The standard InChI is InChI=1S/C27H36N4O3/c1-18(2)25-29-27(34-30-25)31-15-13-19(14-16-31)17-33-24-11-7-21(8-12-24)20-3-5-22(6-4-20)26(32)28-23-9-10-23/h3,7-8,11-12,18-19,22-23H,4-6,9-10,13-17H2,1-2H3,(H,28,32). The van der Waals surface area contributed by atoms with Crippen LogP contribution in [0.2, 0.25) is 0 Å². The molecule has 1 N–H and O–H groups in total. The normalized spacial score (nSPS) is 21.4. The Morgan fingerprint density at radius 3 is 2.53 bits per heavy atom. The molecule has 1 saturated carbocycles. The lowest BCUT2D eigenvalue weighted by Crippen LogP contribution is -2.35. The number of rotatable bonds is 8. The van der Waals surface area contributed by atoms with Gasteiger partial charge in [0.1, 0.15) is 5.75 Å². The highest BCUT2D eigenvalue weighted by atomic mass is 16.5. The van der Waals surface area contributed by atoms with Gasteiger partial charge >= 0.3 is 6.01 Å². The number of nitrogens with zero attached hydrogens (tertiary/aromatic N) is 3. The lowest BCUT2D eigenvalue weighted by molar-refractivity contribution is -0.125. The molecule has 7 heteroatoms. The zero-order valence-electron chi connectivity index (χ0n) is 20.3. The van der Waals surface area contributed by atoms with Crippen molar-refractivity contribution in [1.29, 1.82) is 0 Å². The van der Waals surface area contributed by atoms with Crippen molar-refractivity contribution >= 4 is 17.5 Å². The number of piperidine rings is 1. The van der Waals surface area contributed by atoms with Crippen LogP contribution < -0.4 is 15.0 Å². The van der Waals surface area contributed by atoms with Gasteiger partial charge in [0.2, 0.25) is 5.91 Å². The van der Waals surface area contributed by atoms with Crippen LogP contribution in [-0.4, -0.2) is 41.8 Å². The van der Waals surface area contributed by atoms with E-state index in [0.717, 1.165) is 76.2 Å². The number of carbonyl (C=O) groups is 1. The molecule has 0 bridgehead atoms. The van der Waals surface area contributed by atoms with Crippen molar-refractivity contribution in [3.8, 4) is 5.75 Å². The quantitative estimate of drug-likeness (QED) is 0.595. The average molecular weight is 465 g/mol. The first-order valence-electron chi connectivity index (χ1n) is 12.9. The van der Waals surface area contributed by atoms with E-state index in [1.165, 1.54) is 11.1 Å². The molecule has 1 unspecified atom stereocenters. The summed E-state index contributed by atoms with van der Waals surface area (Å²) < 4.78 is 11.5. The third kappa shape index (κ3) is 5.62. The molecule has 34 heavy (non-hydrogen) atoms. The van der Waals surface area contributed by atoms with Crippen LogP contribution in [0.15, 0.2) is 34.9 Å². The molecule has 2 fully saturated rings. The molecule has 5 rings (SSSR count). The smallest absolute Gasteiger partial charge is 0.324 e. The fourth-order valence-corrected chi connectivity index (χ4v) is 4.74. The van der Waals surface area contributed by atoms with Crippen LogP contribution in [0, 0.1) is 11.8 Å². The van der Waals surface area contributed by atoms with Crippen molar-refractivity contribution in [2.45, 2.75) is 70.8 Å². The van der Waals surface area contributed by atoms with E-state index in [4.69, 9.17) is 9.26 Å². The van der Waals surface area contributed by atoms with Crippen molar-refractivity contribution in [2.24, 2.45) is 11.8 Å². The second kappa shape index (κ2) is 10.2. The Hall–Kier alpha value is -2.83. The summed E-state index contributed by atoms with van der Waals surface area (Å²) in [5, 5.41) is 7.22. The van der Waals surface area contributed by atoms with Crippen molar-refractivity contribution < 1.29 is 14.1 Å². The molecular formula is C27H36N4O3. The van der Waals surface area contributed by atoms with Crippen molar-refractivity contribution in [1.82, 2.24) is 15.5 Å². The summed E-state index contributed by atoms with van der Waals surface area (Å²) in [7, 11) is 0. The third-order valence-electron chi connectivity index (χ3n) is 7.25. The molecule has 0 radical (unpaired) electrons. The monoisotopic (exact) mass is 464 g/mol. The number of nitrogens with one attached hydrogen (secondary N) is 1. The summed E-state index contributed by atoms with van der Waals surface area (Å²) in [6.45, 7) is 6.71. The zero-order valence-corrected chi connectivity index (χ0v) is 20.3. The second-order valence-corrected chi connectivity index (χ2v) is 10.3. The summed E-state index contributed by atoms with van der Waals surface area (Å²) in [5.74, 6) is 2.87. The minimum Gasteiger partial charge on any atom is -0.493 e. The first-order valence-corrected chi connectivity index (χ1v) is 12.9. The van der Waals surface area contributed by atoms with Crippen molar-refractivity contribution in [2.75, 3.05) is 24.6 Å². The number of hydrogen-bond donors (Lipinski definition) is 1. The first kappa shape index (κ1) is 22.9. The Bertz CT molecular complexity index is 1000. The van der Waals surface area contributed by atoms with Gasteiger partial charge in [0.05, 0.1) is 6.61 Å².